The number of halogens is 4. The molecule has 0 saturated heterocycles. The molecule has 0 radical (unpaired) electrons. The third-order valence-electron chi connectivity index (χ3n) is 5.91. The number of pyridine rings is 2. The third kappa shape index (κ3) is 4.43. The SMILES string of the molecule is COc1cc(-c2c(-c3ccc(Cl)cc3)c(=O)n(C)n3c(=O)n(Cc4ccc(C(F)(F)F)nc4)nc23)ccn1. The number of rotatable bonds is 5. The van der Waals surface area contributed by atoms with Gasteiger partial charge in [0.1, 0.15) is 5.69 Å². The second-order valence-corrected chi connectivity index (χ2v) is 8.73. The van der Waals surface area contributed by atoms with Gasteiger partial charge in [0.2, 0.25) is 5.88 Å². The normalized spacial score (nSPS) is 11.7. The highest BCUT2D eigenvalue weighted by Gasteiger charge is 2.32. The standard InChI is InChI=1S/C25H18ClF3N6O3/c1-33-23(36)21(15-4-6-17(26)7-5-15)20(16-9-10-30-19(11-16)38-2)22-32-34(24(37)35(22)33)13-14-3-8-18(31-12-14)25(27,28)29/h3-12H,13H2,1-2H3. The van der Waals surface area contributed by atoms with Crippen LogP contribution in [0.5, 0.6) is 5.88 Å². The minimum Gasteiger partial charge on any atom is -0.481 e. The lowest BCUT2D eigenvalue weighted by atomic mass is 9.97. The molecule has 4 aromatic heterocycles. The summed E-state index contributed by atoms with van der Waals surface area (Å²) in [4.78, 5) is 34.6. The number of benzene rings is 1. The van der Waals surface area contributed by atoms with Gasteiger partial charge in [-0.1, -0.05) is 29.8 Å². The van der Waals surface area contributed by atoms with Crippen molar-refractivity contribution < 1.29 is 17.9 Å². The number of hydrogen-bond donors (Lipinski definition) is 0. The van der Waals surface area contributed by atoms with Crippen molar-refractivity contribution in [2.45, 2.75) is 12.7 Å². The van der Waals surface area contributed by atoms with Crippen LogP contribution in [-0.4, -0.2) is 36.1 Å². The number of aryl methyl sites for hydroxylation is 1. The van der Waals surface area contributed by atoms with Crippen LogP contribution in [0.2, 0.25) is 5.02 Å². The van der Waals surface area contributed by atoms with E-state index >= 15 is 0 Å². The zero-order valence-electron chi connectivity index (χ0n) is 19.9. The van der Waals surface area contributed by atoms with Crippen molar-refractivity contribution in [2.75, 3.05) is 7.11 Å². The lowest BCUT2D eigenvalue weighted by Gasteiger charge is -2.14. The number of hydrogen-bond acceptors (Lipinski definition) is 6. The molecule has 0 aliphatic heterocycles. The van der Waals surface area contributed by atoms with Crippen LogP contribution in [0, 0.1) is 0 Å². The Balaban J connectivity index is 1.76. The number of nitrogens with zero attached hydrogens (tertiary/aromatic N) is 6. The van der Waals surface area contributed by atoms with Crippen molar-refractivity contribution in [3.8, 4) is 28.1 Å². The molecule has 0 N–H and O–H groups in total. The van der Waals surface area contributed by atoms with E-state index < -0.39 is 23.1 Å². The van der Waals surface area contributed by atoms with E-state index in [1.54, 1.807) is 36.4 Å². The summed E-state index contributed by atoms with van der Waals surface area (Å²) in [5.41, 5.74) is -0.0695. The average Bonchev–Trinajstić information content (AvgIpc) is 3.22. The van der Waals surface area contributed by atoms with Gasteiger partial charge in [0.25, 0.3) is 5.56 Å². The van der Waals surface area contributed by atoms with Crippen LogP contribution in [0.4, 0.5) is 13.2 Å². The molecule has 0 aliphatic carbocycles. The van der Waals surface area contributed by atoms with E-state index in [-0.39, 0.29) is 23.6 Å². The van der Waals surface area contributed by atoms with Gasteiger partial charge in [-0.25, -0.2) is 19.1 Å². The summed E-state index contributed by atoms with van der Waals surface area (Å²) in [5, 5.41) is 4.96. The second-order valence-electron chi connectivity index (χ2n) is 8.30. The van der Waals surface area contributed by atoms with Gasteiger partial charge < -0.3 is 4.74 Å². The highest BCUT2D eigenvalue weighted by molar-refractivity contribution is 6.30. The van der Waals surface area contributed by atoms with E-state index in [9.17, 15) is 22.8 Å². The predicted molar refractivity (Wildman–Crippen MR) is 133 cm³/mol. The Kier molecular flexibility index (Phi) is 6.27. The maximum Gasteiger partial charge on any atom is 0.433 e. The van der Waals surface area contributed by atoms with Crippen molar-refractivity contribution in [1.29, 1.82) is 0 Å². The number of aromatic nitrogens is 6. The molecule has 194 valence electrons. The van der Waals surface area contributed by atoms with Crippen LogP contribution < -0.4 is 16.0 Å². The predicted octanol–water partition coefficient (Wildman–Crippen LogP) is 4.05. The zero-order valence-corrected chi connectivity index (χ0v) is 20.7. The number of methoxy groups -OCH3 is 1. The maximum absolute atomic E-state index is 13.6. The minimum absolute atomic E-state index is 0.148. The molecule has 9 nitrogen and oxygen atoms in total. The van der Waals surface area contributed by atoms with Crippen LogP contribution in [0.15, 0.2) is 70.5 Å². The minimum atomic E-state index is -4.59. The summed E-state index contributed by atoms with van der Waals surface area (Å²) >= 11 is 6.06. The van der Waals surface area contributed by atoms with Gasteiger partial charge in [0.15, 0.2) is 5.65 Å². The molecule has 0 spiro atoms. The Bertz CT molecular complexity index is 1770. The van der Waals surface area contributed by atoms with Crippen LogP contribution in [0.3, 0.4) is 0 Å². The fraction of sp³-hybridized carbons (Fsp3) is 0.160. The van der Waals surface area contributed by atoms with Gasteiger partial charge in [-0.15, -0.1) is 5.10 Å². The summed E-state index contributed by atoms with van der Waals surface area (Å²) in [5.74, 6) is 0.279. The van der Waals surface area contributed by atoms with Crippen LogP contribution in [0.1, 0.15) is 11.3 Å². The van der Waals surface area contributed by atoms with E-state index in [0.717, 1.165) is 26.1 Å². The summed E-state index contributed by atoms with van der Waals surface area (Å²) in [7, 11) is 2.88. The molecule has 0 amide bonds. The first-order chi connectivity index (χ1) is 18.1. The number of alkyl halides is 3. The van der Waals surface area contributed by atoms with Gasteiger partial charge in [0.05, 0.1) is 19.2 Å². The molecule has 0 fully saturated rings. The summed E-state index contributed by atoms with van der Waals surface area (Å²) in [6.45, 7) is -0.171. The molecular formula is C25H18ClF3N6O3. The highest BCUT2D eigenvalue weighted by atomic mass is 35.5. The second kappa shape index (κ2) is 9.45. The Hall–Kier alpha value is -4.45. The molecule has 0 saturated carbocycles. The van der Waals surface area contributed by atoms with E-state index in [1.165, 1.54) is 26.4 Å². The molecular weight excluding hydrogens is 525 g/mol. The van der Waals surface area contributed by atoms with Gasteiger partial charge in [-0.2, -0.15) is 17.7 Å². The molecule has 1 aromatic carbocycles. The van der Waals surface area contributed by atoms with E-state index in [0.29, 0.717) is 27.3 Å². The quantitative estimate of drug-likeness (QED) is 0.332. The lowest BCUT2D eigenvalue weighted by Crippen LogP contribution is -2.33. The fourth-order valence-corrected chi connectivity index (χ4v) is 4.22. The van der Waals surface area contributed by atoms with Crippen molar-refractivity contribution in [1.82, 2.24) is 28.9 Å². The van der Waals surface area contributed by atoms with Gasteiger partial charge >= 0.3 is 11.9 Å². The Morgan fingerprint density at radius 1 is 0.974 bits per heavy atom. The van der Waals surface area contributed by atoms with E-state index in [4.69, 9.17) is 16.3 Å². The summed E-state index contributed by atoms with van der Waals surface area (Å²) in [6, 6.07) is 12.0. The first kappa shape index (κ1) is 25.2. The molecule has 38 heavy (non-hydrogen) atoms. The molecule has 5 aromatic rings. The van der Waals surface area contributed by atoms with Crippen LogP contribution in [-0.2, 0) is 19.8 Å². The topological polar surface area (TPSA) is 96.3 Å². The molecule has 0 bridgehead atoms. The smallest absolute Gasteiger partial charge is 0.433 e. The van der Waals surface area contributed by atoms with Crippen molar-refractivity contribution in [3.05, 3.63) is 98.0 Å². The lowest BCUT2D eigenvalue weighted by molar-refractivity contribution is -0.141. The Morgan fingerprint density at radius 2 is 1.71 bits per heavy atom. The zero-order chi connectivity index (χ0) is 27.2. The first-order valence-corrected chi connectivity index (χ1v) is 11.5. The Morgan fingerprint density at radius 3 is 2.34 bits per heavy atom. The molecule has 0 unspecified atom stereocenters. The summed E-state index contributed by atoms with van der Waals surface area (Å²) < 4.78 is 47.3. The summed E-state index contributed by atoms with van der Waals surface area (Å²) in [6.07, 6.45) is -2.06. The molecule has 0 aliphatic rings. The molecule has 0 atom stereocenters. The van der Waals surface area contributed by atoms with E-state index in [2.05, 4.69) is 15.1 Å². The van der Waals surface area contributed by atoms with Crippen molar-refractivity contribution in [3.63, 3.8) is 0 Å². The average molecular weight is 543 g/mol. The largest absolute Gasteiger partial charge is 0.481 e. The molecule has 5 rings (SSSR count). The monoisotopic (exact) mass is 542 g/mol. The first-order valence-electron chi connectivity index (χ1n) is 11.1. The molecule has 4 heterocycles. The molecule has 13 heteroatoms. The fourth-order valence-electron chi connectivity index (χ4n) is 4.09. The van der Waals surface area contributed by atoms with Crippen molar-refractivity contribution in [2.24, 2.45) is 7.05 Å². The number of ether oxygens (including phenoxy) is 1. The highest BCUT2D eigenvalue weighted by Crippen LogP contribution is 2.34. The van der Waals surface area contributed by atoms with Gasteiger partial charge in [0, 0.05) is 36.1 Å². The van der Waals surface area contributed by atoms with Crippen molar-refractivity contribution >= 4 is 17.2 Å². The van der Waals surface area contributed by atoms with Crippen LogP contribution in [0.25, 0.3) is 27.9 Å². The van der Waals surface area contributed by atoms with Crippen LogP contribution >= 0.6 is 11.6 Å². The van der Waals surface area contributed by atoms with Gasteiger partial charge in [-0.05, 0) is 41.0 Å². The van der Waals surface area contributed by atoms with E-state index in [1.807, 2.05) is 0 Å². The third-order valence-corrected chi connectivity index (χ3v) is 6.16. The number of fused-ring (bicyclic) bond motifs is 1. The Labute approximate surface area is 217 Å². The van der Waals surface area contributed by atoms with Gasteiger partial charge in [-0.3, -0.25) is 9.78 Å². The maximum atomic E-state index is 13.6.